The molecule has 2 N–H and O–H groups in total. The molecule has 0 spiro atoms. The molecule has 112 valence electrons. The predicted octanol–water partition coefficient (Wildman–Crippen LogP) is 2.65. The summed E-state index contributed by atoms with van der Waals surface area (Å²) in [6.07, 6.45) is 0. The Morgan fingerprint density at radius 1 is 1.14 bits per heavy atom. The number of hydrogen-bond acceptors (Lipinski definition) is 3. The molecule has 21 heavy (non-hydrogen) atoms. The van der Waals surface area contributed by atoms with Gasteiger partial charge in [0.1, 0.15) is 10.7 Å². The minimum absolute atomic E-state index is 0.350. The van der Waals surface area contributed by atoms with Gasteiger partial charge in [-0.1, -0.05) is 18.2 Å². The Bertz CT molecular complexity index is 745. The lowest BCUT2D eigenvalue weighted by Crippen LogP contribution is -2.16. The van der Waals surface area contributed by atoms with Crippen LogP contribution in [0, 0.1) is 12.7 Å². The van der Waals surface area contributed by atoms with E-state index < -0.39 is 15.8 Å². The summed E-state index contributed by atoms with van der Waals surface area (Å²) in [6, 6.07) is 11.0. The summed E-state index contributed by atoms with van der Waals surface area (Å²) in [5.41, 5.74) is 2.02. The van der Waals surface area contributed by atoms with Gasteiger partial charge in [0.25, 0.3) is 10.0 Å². The van der Waals surface area contributed by atoms with Crippen LogP contribution in [0.5, 0.6) is 0 Å². The van der Waals surface area contributed by atoms with Crippen molar-refractivity contribution in [3.05, 3.63) is 59.4 Å². The average molecular weight is 308 g/mol. The molecule has 2 aromatic rings. The van der Waals surface area contributed by atoms with Gasteiger partial charge < -0.3 is 5.32 Å². The third-order valence-corrected chi connectivity index (χ3v) is 4.33. The molecule has 0 radical (unpaired) electrons. The molecular formula is C15H17FN2O2S. The van der Waals surface area contributed by atoms with Gasteiger partial charge in [-0.15, -0.1) is 0 Å². The zero-order valence-corrected chi connectivity index (χ0v) is 12.7. The number of sulfonamides is 1. The molecule has 0 aliphatic heterocycles. The topological polar surface area (TPSA) is 58.2 Å². The third-order valence-electron chi connectivity index (χ3n) is 2.94. The fourth-order valence-corrected chi connectivity index (χ4v) is 3.16. The molecule has 6 heteroatoms. The van der Waals surface area contributed by atoms with Gasteiger partial charge in [0, 0.05) is 12.2 Å². The standard InChI is InChI=1S/C15H17FN2O2S/c1-11-4-3-5-13(8-11)18-21(19,20)15-9-12(10-17-2)6-7-14(15)16/h3-9,17-18H,10H2,1-2H3. The highest BCUT2D eigenvalue weighted by atomic mass is 32.2. The van der Waals surface area contributed by atoms with E-state index >= 15 is 0 Å². The highest BCUT2D eigenvalue weighted by molar-refractivity contribution is 7.92. The highest BCUT2D eigenvalue weighted by Gasteiger charge is 2.19. The van der Waals surface area contributed by atoms with Gasteiger partial charge >= 0.3 is 0 Å². The third kappa shape index (κ3) is 3.80. The maximum Gasteiger partial charge on any atom is 0.264 e. The first kappa shape index (κ1) is 15.5. The first-order valence-corrected chi connectivity index (χ1v) is 7.93. The van der Waals surface area contributed by atoms with Crippen LogP contribution in [-0.2, 0) is 16.6 Å². The maximum absolute atomic E-state index is 13.8. The second kappa shape index (κ2) is 6.24. The van der Waals surface area contributed by atoms with Crippen LogP contribution in [0.25, 0.3) is 0 Å². The van der Waals surface area contributed by atoms with E-state index in [2.05, 4.69) is 10.0 Å². The molecule has 2 aromatic carbocycles. The molecule has 0 aliphatic carbocycles. The summed E-state index contributed by atoms with van der Waals surface area (Å²) in [6.45, 7) is 2.32. The van der Waals surface area contributed by atoms with Crippen molar-refractivity contribution in [2.24, 2.45) is 0 Å². The SMILES string of the molecule is CNCc1ccc(F)c(S(=O)(=O)Nc2cccc(C)c2)c1. The van der Waals surface area contributed by atoms with E-state index in [1.54, 1.807) is 31.3 Å². The largest absolute Gasteiger partial charge is 0.316 e. The lowest BCUT2D eigenvalue weighted by Gasteiger charge is -2.11. The summed E-state index contributed by atoms with van der Waals surface area (Å²) in [7, 11) is -2.22. The Balaban J connectivity index is 2.37. The lowest BCUT2D eigenvalue weighted by atomic mass is 10.2. The van der Waals surface area contributed by atoms with Gasteiger partial charge in [0.05, 0.1) is 0 Å². The first-order chi connectivity index (χ1) is 9.92. The molecule has 0 heterocycles. The maximum atomic E-state index is 13.8. The predicted molar refractivity (Wildman–Crippen MR) is 81.2 cm³/mol. The Hall–Kier alpha value is -1.92. The van der Waals surface area contributed by atoms with Crippen molar-refractivity contribution < 1.29 is 12.8 Å². The Labute approximate surface area is 124 Å². The van der Waals surface area contributed by atoms with Crippen LogP contribution < -0.4 is 10.0 Å². The molecule has 0 fully saturated rings. The number of anilines is 1. The first-order valence-electron chi connectivity index (χ1n) is 6.45. The van der Waals surface area contributed by atoms with Gasteiger partial charge in [-0.05, 0) is 49.4 Å². The quantitative estimate of drug-likeness (QED) is 0.893. The van der Waals surface area contributed by atoms with Gasteiger partial charge in [-0.2, -0.15) is 0 Å². The second-order valence-electron chi connectivity index (χ2n) is 4.77. The van der Waals surface area contributed by atoms with Crippen molar-refractivity contribution in [2.45, 2.75) is 18.4 Å². The van der Waals surface area contributed by atoms with Gasteiger partial charge in [-0.3, -0.25) is 4.72 Å². The van der Waals surface area contributed by atoms with E-state index in [9.17, 15) is 12.8 Å². The molecule has 4 nitrogen and oxygen atoms in total. The van der Waals surface area contributed by atoms with Crippen molar-refractivity contribution in [1.82, 2.24) is 5.32 Å². The van der Waals surface area contributed by atoms with Crippen LogP contribution >= 0.6 is 0 Å². The zero-order chi connectivity index (χ0) is 15.5. The monoisotopic (exact) mass is 308 g/mol. The molecule has 0 saturated heterocycles. The van der Waals surface area contributed by atoms with Crippen molar-refractivity contribution in [3.63, 3.8) is 0 Å². The van der Waals surface area contributed by atoms with Crippen LogP contribution in [0.15, 0.2) is 47.4 Å². The number of halogens is 1. The Kier molecular flexibility index (Phi) is 4.59. The van der Waals surface area contributed by atoms with E-state index in [1.165, 1.54) is 6.07 Å². The molecule has 0 unspecified atom stereocenters. The van der Waals surface area contributed by atoms with E-state index in [4.69, 9.17) is 0 Å². The fraction of sp³-hybridized carbons (Fsp3) is 0.200. The van der Waals surface area contributed by atoms with Crippen molar-refractivity contribution in [3.8, 4) is 0 Å². The number of benzene rings is 2. The van der Waals surface area contributed by atoms with Gasteiger partial charge in [0.2, 0.25) is 0 Å². The normalized spacial score (nSPS) is 11.4. The van der Waals surface area contributed by atoms with Gasteiger partial charge in [-0.25, -0.2) is 12.8 Å². The Morgan fingerprint density at radius 2 is 1.90 bits per heavy atom. The molecule has 0 bridgehead atoms. The van der Waals surface area contributed by atoms with Crippen molar-refractivity contribution >= 4 is 15.7 Å². The Morgan fingerprint density at radius 3 is 2.57 bits per heavy atom. The number of rotatable bonds is 5. The molecule has 0 saturated carbocycles. The number of aryl methyl sites for hydroxylation is 1. The summed E-state index contributed by atoms with van der Waals surface area (Å²) >= 11 is 0. The van der Waals surface area contributed by atoms with Crippen molar-refractivity contribution in [2.75, 3.05) is 11.8 Å². The summed E-state index contributed by atoms with van der Waals surface area (Å²) in [4.78, 5) is -0.350. The minimum Gasteiger partial charge on any atom is -0.316 e. The number of nitrogens with one attached hydrogen (secondary N) is 2. The summed E-state index contributed by atoms with van der Waals surface area (Å²) < 4.78 is 40.9. The summed E-state index contributed by atoms with van der Waals surface area (Å²) in [5, 5.41) is 2.90. The van der Waals surface area contributed by atoms with Crippen LogP contribution in [-0.4, -0.2) is 15.5 Å². The van der Waals surface area contributed by atoms with Crippen LogP contribution in [0.4, 0.5) is 10.1 Å². The van der Waals surface area contributed by atoms with Crippen LogP contribution in [0.3, 0.4) is 0 Å². The molecular weight excluding hydrogens is 291 g/mol. The molecule has 0 aliphatic rings. The van der Waals surface area contributed by atoms with Crippen molar-refractivity contribution in [1.29, 1.82) is 0 Å². The van der Waals surface area contributed by atoms with E-state index in [-0.39, 0.29) is 4.90 Å². The number of hydrogen-bond donors (Lipinski definition) is 2. The van der Waals surface area contributed by atoms with E-state index in [0.29, 0.717) is 17.8 Å². The molecule has 2 rings (SSSR count). The zero-order valence-electron chi connectivity index (χ0n) is 11.9. The molecule has 0 atom stereocenters. The second-order valence-corrected chi connectivity index (χ2v) is 6.42. The lowest BCUT2D eigenvalue weighted by molar-refractivity contribution is 0.569. The fourth-order valence-electron chi connectivity index (χ4n) is 1.99. The molecule has 0 amide bonds. The van der Waals surface area contributed by atoms with Crippen LogP contribution in [0.2, 0.25) is 0 Å². The highest BCUT2D eigenvalue weighted by Crippen LogP contribution is 2.20. The molecule has 0 aromatic heterocycles. The van der Waals surface area contributed by atoms with Gasteiger partial charge in [0.15, 0.2) is 0 Å². The average Bonchev–Trinajstić information content (AvgIpc) is 2.40. The smallest absolute Gasteiger partial charge is 0.264 e. The van der Waals surface area contributed by atoms with E-state index in [1.807, 2.05) is 13.0 Å². The summed E-state index contributed by atoms with van der Waals surface area (Å²) in [5.74, 6) is -0.769. The minimum atomic E-state index is -3.95. The van der Waals surface area contributed by atoms with E-state index in [0.717, 1.165) is 11.6 Å². The van der Waals surface area contributed by atoms with Crippen LogP contribution in [0.1, 0.15) is 11.1 Å².